The number of nitrogens with zero attached hydrogens (tertiary/aromatic N) is 2. The van der Waals surface area contributed by atoms with Crippen molar-refractivity contribution >= 4 is 0 Å². The maximum atomic E-state index is 4.98. The van der Waals surface area contributed by atoms with Crippen LogP contribution < -0.4 is 5.32 Å². The normalized spacial score (nSPS) is 10.9. The summed E-state index contributed by atoms with van der Waals surface area (Å²) < 4.78 is 7.06. The van der Waals surface area contributed by atoms with Crippen LogP contribution >= 0.6 is 0 Å². The van der Waals surface area contributed by atoms with E-state index >= 15 is 0 Å². The maximum Gasteiger partial charge on any atom is 0.0597 e. The summed E-state index contributed by atoms with van der Waals surface area (Å²) in [6.07, 6.45) is 1.12. The lowest BCUT2D eigenvalue weighted by Crippen LogP contribution is -2.20. The molecule has 0 spiro atoms. The molecule has 0 aliphatic carbocycles. The van der Waals surface area contributed by atoms with Crippen molar-refractivity contribution in [1.82, 2.24) is 15.1 Å². The van der Waals surface area contributed by atoms with Gasteiger partial charge in [-0.15, -0.1) is 0 Å². The van der Waals surface area contributed by atoms with Crippen LogP contribution in [0.3, 0.4) is 0 Å². The summed E-state index contributed by atoms with van der Waals surface area (Å²) in [4.78, 5) is 0. The second-order valence-electron chi connectivity index (χ2n) is 3.67. The predicted molar refractivity (Wildman–Crippen MR) is 60.8 cm³/mol. The van der Waals surface area contributed by atoms with Gasteiger partial charge in [-0.2, -0.15) is 5.10 Å². The third kappa shape index (κ3) is 4.01. The molecule has 0 saturated heterocycles. The molecule has 15 heavy (non-hydrogen) atoms. The van der Waals surface area contributed by atoms with E-state index in [1.807, 2.05) is 6.92 Å². The fraction of sp³-hybridized carbons (Fsp3) is 0.727. The van der Waals surface area contributed by atoms with E-state index in [0.29, 0.717) is 0 Å². The molecule has 0 aliphatic heterocycles. The first-order valence-electron chi connectivity index (χ1n) is 5.51. The van der Waals surface area contributed by atoms with Gasteiger partial charge in [0.05, 0.1) is 18.0 Å². The van der Waals surface area contributed by atoms with Gasteiger partial charge in [0.25, 0.3) is 0 Å². The molecule has 0 bridgehead atoms. The van der Waals surface area contributed by atoms with Crippen LogP contribution in [0, 0.1) is 6.92 Å². The summed E-state index contributed by atoms with van der Waals surface area (Å²) in [5.74, 6) is 0. The van der Waals surface area contributed by atoms with Gasteiger partial charge < -0.3 is 10.1 Å². The van der Waals surface area contributed by atoms with Crippen molar-refractivity contribution in [3.05, 3.63) is 17.5 Å². The van der Waals surface area contributed by atoms with Crippen molar-refractivity contribution in [3.63, 3.8) is 0 Å². The summed E-state index contributed by atoms with van der Waals surface area (Å²) in [5, 5.41) is 7.77. The lowest BCUT2D eigenvalue weighted by Gasteiger charge is -2.07. The Balaban J connectivity index is 2.44. The first-order chi connectivity index (χ1) is 7.27. The zero-order valence-corrected chi connectivity index (χ0v) is 9.92. The zero-order chi connectivity index (χ0) is 11.1. The minimum atomic E-state index is 0.751. The summed E-state index contributed by atoms with van der Waals surface area (Å²) >= 11 is 0. The van der Waals surface area contributed by atoms with E-state index in [4.69, 9.17) is 4.74 Å². The Kier molecular flexibility index (Phi) is 5.36. The number of ether oxygens (including phenoxy) is 1. The second kappa shape index (κ2) is 6.58. The molecule has 0 aromatic carbocycles. The highest BCUT2D eigenvalue weighted by Gasteiger charge is 2.03. The highest BCUT2D eigenvalue weighted by atomic mass is 16.5. The molecule has 86 valence electrons. The van der Waals surface area contributed by atoms with Crippen molar-refractivity contribution in [3.8, 4) is 0 Å². The van der Waals surface area contributed by atoms with Crippen LogP contribution in [0.25, 0.3) is 0 Å². The van der Waals surface area contributed by atoms with E-state index < -0.39 is 0 Å². The molecule has 1 N–H and O–H groups in total. The van der Waals surface area contributed by atoms with Crippen molar-refractivity contribution in [1.29, 1.82) is 0 Å². The molecule has 0 saturated carbocycles. The van der Waals surface area contributed by atoms with Crippen molar-refractivity contribution < 1.29 is 4.74 Å². The van der Waals surface area contributed by atoms with E-state index in [-0.39, 0.29) is 0 Å². The van der Waals surface area contributed by atoms with Gasteiger partial charge in [0.15, 0.2) is 0 Å². The fourth-order valence-corrected chi connectivity index (χ4v) is 1.54. The molecule has 1 rings (SSSR count). The van der Waals surface area contributed by atoms with Gasteiger partial charge in [0.2, 0.25) is 0 Å². The fourth-order valence-electron chi connectivity index (χ4n) is 1.54. The number of methoxy groups -OCH3 is 1. The minimum Gasteiger partial charge on any atom is -0.383 e. The van der Waals surface area contributed by atoms with Crippen LogP contribution in [0.1, 0.15) is 24.7 Å². The molecule has 1 aromatic heterocycles. The van der Waals surface area contributed by atoms with E-state index in [1.165, 1.54) is 5.69 Å². The highest BCUT2D eigenvalue weighted by Crippen LogP contribution is 2.04. The van der Waals surface area contributed by atoms with Crippen LogP contribution in [0.2, 0.25) is 0 Å². The van der Waals surface area contributed by atoms with E-state index in [2.05, 4.69) is 28.1 Å². The van der Waals surface area contributed by atoms with Crippen LogP contribution in [0.15, 0.2) is 6.07 Å². The average Bonchev–Trinajstić information content (AvgIpc) is 2.55. The van der Waals surface area contributed by atoms with Gasteiger partial charge in [0.1, 0.15) is 0 Å². The van der Waals surface area contributed by atoms with E-state index in [1.54, 1.807) is 7.11 Å². The first-order valence-corrected chi connectivity index (χ1v) is 5.51. The minimum absolute atomic E-state index is 0.751. The quantitative estimate of drug-likeness (QED) is 0.692. The number of aromatic nitrogens is 2. The van der Waals surface area contributed by atoms with Gasteiger partial charge in [-0.05, 0) is 19.4 Å². The molecule has 4 heteroatoms. The van der Waals surface area contributed by atoms with Crippen LogP contribution in [0.5, 0.6) is 0 Å². The van der Waals surface area contributed by atoms with Crippen LogP contribution in [-0.4, -0.2) is 30.0 Å². The van der Waals surface area contributed by atoms with Crippen LogP contribution in [-0.2, 0) is 17.8 Å². The Morgan fingerprint density at radius 2 is 2.33 bits per heavy atom. The lowest BCUT2D eigenvalue weighted by atomic mass is 10.3. The molecule has 4 nitrogen and oxygen atoms in total. The number of hydrogen-bond donors (Lipinski definition) is 1. The molecule has 0 unspecified atom stereocenters. The number of aryl methyl sites for hydroxylation is 2. The SMILES string of the molecule is CCCn1nc(C)cc1CNCCOC. The summed E-state index contributed by atoms with van der Waals surface area (Å²) in [7, 11) is 1.72. The van der Waals surface area contributed by atoms with E-state index in [0.717, 1.165) is 38.4 Å². The Morgan fingerprint density at radius 3 is 3.00 bits per heavy atom. The Hall–Kier alpha value is -0.870. The topological polar surface area (TPSA) is 39.1 Å². The van der Waals surface area contributed by atoms with Gasteiger partial charge in [-0.1, -0.05) is 6.92 Å². The Bertz CT molecular complexity index is 283. The summed E-state index contributed by atoms with van der Waals surface area (Å²) in [5.41, 5.74) is 2.34. The zero-order valence-electron chi connectivity index (χ0n) is 9.92. The Morgan fingerprint density at radius 1 is 1.53 bits per heavy atom. The van der Waals surface area contributed by atoms with Gasteiger partial charge >= 0.3 is 0 Å². The van der Waals surface area contributed by atoms with Crippen molar-refractivity contribution in [2.24, 2.45) is 0 Å². The number of nitrogens with one attached hydrogen (secondary N) is 1. The molecule has 0 amide bonds. The smallest absolute Gasteiger partial charge is 0.0597 e. The molecule has 1 aromatic rings. The van der Waals surface area contributed by atoms with E-state index in [9.17, 15) is 0 Å². The van der Waals surface area contributed by atoms with Crippen molar-refractivity contribution in [2.75, 3.05) is 20.3 Å². The number of rotatable bonds is 7. The molecular weight excluding hydrogens is 190 g/mol. The third-order valence-corrected chi connectivity index (χ3v) is 2.21. The summed E-state index contributed by atoms with van der Waals surface area (Å²) in [6, 6.07) is 2.13. The van der Waals surface area contributed by atoms with Gasteiger partial charge in [0, 0.05) is 26.7 Å². The standard InChI is InChI=1S/C11H21N3O/c1-4-6-14-11(8-10(2)13-14)9-12-5-7-15-3/h8,12H,4-7,9H2,1-3H3. The van der Waals surface area contributed by atoms with Crippen LogP contribution in [0.4, 0.5) is 0 Å². The van der Waals surface area contributed by atoms with Gasteiger partial charge in [-0.25, -0.2) is 0 Å². The summed E-state index contributed by atoms with van der Waals surface area (Å²) in [6.45, 7) is 7.69. The average molecular weight is 211 g/mol. The monoisotopic (exact) mass is 211 g/mol. The molecule has 0 fully saturated rings. The molecule has 1 heterocycles. The van der Waals surface area contributed by atoms with Gasteiger partial charge in [-0.3, -0.25) is 4.68 Å². The maximum absolute atomic E-state index is 4.98. The highest BCUT2D eigenvalue weighted by molar-refractivity contribution is 5.08. The Labute approximate surface area is 91.6 Å². The molecule has 0 aliphatic rings. The molecule has 0 atom stereocenters. The third-order valence-electron chi connectivity index (χ3n) is 2.21. The lowest BCUT2D eigenvalue weighted by molar-refractivity contribution is 0.199. The second-order valence-corrected chi connectivity index (χ2v) is 3.67. The number of hydrogen-bond acceptors (Lipinski definition) is 3. The predicted octanol–water partition coefficient (Wildman–Crippen LogP) is 1.34. The largest absolute Gasteiger partial charge is 0.383 e. The molecular formula is C11H21N3O. The van der Waals surface area contributed by atoms with Crippen molar-refractivity contribution in [2.45, 2.75) is 33.4 Å². The first kappa shape index (κ1) is 12.2. The molecule has 0 radical (unpaired) electrons.